The van der Waals surface area contributed by atoms with Gasteiger partial charge in [0, 0.05) is 23.1 Å². The van der Waals surface area contributed by atoms with Crippen molar-refractivity contribution in [2.75, 3.05) is 13.1 Å². The van der Waals surface area contributed by atoms with Gasteiger partial charge in [-0.15, -0.1) is 6.58 Å². The predicted octanol–water partition coefficient (Wildman–Crippen LogP) is 4.11. The number of aromatic amines is 1. The van der Waals surface area contributed by atoms with E-state index in [-0.39, 0.29) is 0 Å². The topological polar surface area (TPSA) is 56.3 Å². The number of carboxylic acid groups (broad SMARTS) is 1. The maximum atomic E-state index is 11.7. The van der Waals surface area contributed by atoms with Crippen molar-refractivity contribution in [2.24, 2.45) is 5.41 Å². The normalized spacial score (nSPS) is 17.9. The molecule has 128 valence electrons. The molecule has 0 radical (unpaired) electrons. The highest BCUT2D eigenvalue weighted by Gasteiger charge is 2.40. The van der Waals surface area contributed by atoms with Gasteiger partial charge in [-0.2, -0.15) is 0 Å². The Morgan fingerprint density at radius 2 is 2.17 bits per heavy atom. The summed E-state index contributed by atoms with van der Waals surface area (Å²) in [5.74, 6) is -0.648. The smallest absolute Gasteiger partial charge is 0.309 e. The lowest BCUT2D eigenvalue weighted by molar-refractivity contribution is -0.152. The number of aromatic nitrogens is 1. The first-order valence-electron chi connectivity index (χ1n) is 8.68. The molecule has 1 aromatic heterocycles. The molecule has 1 fully saturated rings. The molecule has 3 rings (SSSR count). The second-order valence-corrected chi connectivity index (χ2v) is 7.02. The fourth-order valence-electron chi connectivity index (χ4n) is 3.78. The van der Waals surface area contributed by atoms with Crippen LogP contribution in [-0.2, 0) is 11.3 Å². The van der Waals surface area contributed by atoms with Crippen LogP contribution >= 0.6 is 0 Å². The Morgan fingerprint density at radius 1 is 1.42 bits per heavy atom. The highest BCUT2D eigenvalue weighted by Crippen LogP contribution is 2.37. The van der Waals surface area contributed by atoms with E-state index < -0.39 is 11.4 Å². The number of allylic oxidation sites excluding steroid dienone is 1. The van der Waals surface area contributed by atoms with Gasteiger partial charge in [-0.3, -0.25) is 9.69 Å². The molecule has 1 aliphatic heterocycles. The van der Waals surface area contributed by atoms with Crippen LogP contribution in [0.2, 0.25) is 0 Å². The molecule has 4 nitrogen and oxygen atoms in total. The second-order valence-electron chi connectivity index (χ2n) is 7.02. The molecule has 0 spiro atoms. The van der Waals surface area contributed by atoms with E-state index in [0.29, 0.717) is 6.42 Å². The van der Waals surface area contributed by atoms with Gasteiger partial charge in [0.2, 0.25) is 0 Å². The summed E-state index contributed by atoms with van der Waals surface area (Å²) in [6.45, 7) is 8.37. The average Bonchev–Trinajstić information content (AvgIpc) is 2.98. The van der Waals surface area contributed by atoms with Crippen molar-refractivity contribution < 1.29 is 9.90 Å². The van der Waals surface area contributed by atoms with Crippen molar-refractivity contribution in [3.05, 3.63) is 48.2 Å². The van der Waals surface area contributed by atoms with Crippen LogP contribution in [0.15, 0.2) is 36.9 Å². The molecule has 0 unspecified atom stereocenters. The number of hydrogen-bond acceptors (Lipinski definition) is 2. The molecule has 4 heteroatoms. The molecule has 0 atom stereocenters. The number of likely N-dealkylation sites (tertiary alicyclic amines) is 1. The highest BCUT2D eigenvalue weighted by atomic mass is 16.4. The second kappa shape index (κ2) is 6.81. The van der Waals surface area contributed by atoms with Gasteiger partial charge in [-0.1, -0.05) is 18.2 Å². The van der Waals surface area contributed by atoms with Gasteiger partial charge in [-0.25, -0.2) is 0 Å². The maximum Gasteiger partial charge on any atom is 0.309 e. The zero-order valence-electron chi connectivity index (χ0n) is 14.3. The summed E-state index contributed by atoms with van der Waals surface area (Å²) in [6, 6.07) is 8.52. The number of rotatable bonds is 6. The molecule has 0 bridgehead atoms. The fourth-order valence-corrected chi connectivity index (χ4v) is 3.78. The van der Waals surface area contributed by atoms with E-state index in [2.05, 4.69) is 47.7 Å². The Morgan fingerprint density at radius 3 is 2.79 bits per heavy atom. The van der Waals surface area contributed by atoms with E-state index in [0.717, 1.165) is 38.9 Å². The maximum absolute atomic E-state index is 11.7. The number of nitrogens with one attached hydrogen (secondary N) is 1. The third-order valence-corrected chi connectivity index (χ3v) is 5.43. The van der Waals surface area contributed by atoms with Crippen molar-refractivity contribution in [3.8, 4) is 0 Å². The van der Waals surface area contributed by atoms with Crippen LogP contribution in [0, 0.1) is 12.3 Å². The van der Waals surface area contributed by atoms with Gasteiger partial charge in [0.15, 0.2) is 0 Å². The molecule has 0 amide bonds. The lowest BCUT2D eigenvalue weighted by atomic mass is 9.75. The van der Waals surface area contributed by atoms with Gasteiger partial charge in [-0.05, 0) is 63.4 Å². The highest BCUT2D eigenvalue weighted by molar-refractivity contribution is 5.83. The molecule has 1 aromatic carbocycles. The van der Waals surface area contributed by atoms with E-state index in [9.17, 15) is 9.90 Å². The van der Waals surface area contributed by atoms with Crippen LogP contribution in [0.25, 0.3) is 10.9 Å². The van der Waals surface area contributed by atoms with Gasteiger partial charge in [0.1, 0.15) is 0 Å². The lowest BCUT2D eigenvalue weighted by Gasteiger charge is -2.38. The summed E-state index contributed by atoms with van der Waals surface area (Å²) in [6.07, 6.45) is 4.73. The largest absolute Gasteiger partial charge is 0.481 e. The number of carboxylic acids is 1. The summed E-state index contributed by atoms with van der Waals surface area (Å²) in [4.78, 5) is 17.6. The minimum atomic E-state index is -0.648. The Bertz CT molecular complexity index is 739. The minimum Gasteiger partial charge on any atom is -0.481 e. The van der Waals surface area contributed by atoms with Crippen LogP contribution in [0.4, 0.5) is 0 Å². The van der Waals surface area contributed by atoms with E-state index in [4.69, 9.17) is 0 Å². The Labute approximate surface area is 143 Å². The molecule has 1 aliphatic rings. The summed E-state index contributed by atoms with van der Waals surface area (Å²) in [7, 11) is 0. The zero-order valence-corrected chi connectivity index (χ0v) is 14.3. The fraction of sp³-hybridized carbons (Fsp3) is 0.450. The van der Waals surface area contributed by atoms with Crippen LogP contribution < -0.4 is 0 Å². The molecule has 2 N–H and O–H groups in total. The van der Waals surface area contributed by atoms with Gasteiger partial charge in [0.05, 0.1) is 5.41 Å². The molecular weight excluding hydrogens is 300 g/mol. The summed E-state index contributed by atoms with van der Waals surface area (Å²) >= 11 is 0. The van der Waals surface area contributed by atoms with E-state index in [1.54, 1.807) is 0 Å². The van der Waals surface area contributed by atoms with Crippen LogP contribution in [0.1, 0.15) is 36.9 Å². The third kappa shape index (κ3) is 3.24. The number of aliphatic carboxylic acids is 1. The number of carbonyl (C=O) groups is 1. The van der Waals surface area contributed by atoms with Gasteiger partial charge >= 0.3 is 5.97 Å². The number of nitrogens with zero attached hydrogens (tertiary/aromatic N) is 1. The lowest BCUT2D eigenvalue weighted by Crippen LogP contribution is -2.44. The number of piperidine rings is 1. The number of aryl methyl sites for hydroxylation is 1. The SMILES string of the molecule is C=CCCC1(C(=O)O)CCN(Cc2cc3c(C)cccc3[nH]2)CC1. The molecule has 2 heterocycles. The first-order chi connectivity index (χ1) is 11.5. The van der Waals surface area contributed by atoms with E-state index in [1.807, 2.05) is 6.08 Å². The van der Waals surface area contributed by atoms with Crippen LogP contribution in [-0.4, -0.2) is 34.0 Å². The Kier molecular flexibility index (Phi) is 4.76. The monoisotopic (exact) mass is 326 g/mol. The molecule has 0 aliphatic carbocycles. The standard InChI is InChI=1S/C20H26N2O2/c1-3-4-8-20(19(23)24)9-11-22(12-10-20)14-16-13-17-15(2)6-5-7-18(17)21-16/h3,5-7,13,21H,1,4,8-12,14H2,2H3,(H,23,24). The van der Waals surface area contributed by atoms with E-state index in [1.165, 1.54) is 22.2 Å². The van der Waals surface area contributed by atoms with Crippen molar-refractivity contribution in [2.45, 2.75) is 39.2 Å². The minimum absolute atomic E-state index is 0.568. The first kappa shape index (κ1) is 16.8. The number of hydrogen-bond donors (Lipinski definition) is 2. The molecular formula is C20H26N2O2. The molecule has 2 aromatic rings. The third-order valence-electron chi connectivity index (χ3n) is 5.43. The number of fused-ring (bicyclic) bond motifs is 1. The van der Waals surface area contributed by atoms with Gasteiger partial charge in [0.25, 0.3) is 0 Å². The predicted molar refractivity (Wildman–Crippen MR) is 97.0 cm³/mol. The van der Waals surface area contributed by atoms with Crippen LogP contribution in [0.3, 0.4) is 0 Å². The first-order valence-corrected chi connectivity index (χ1v) is 8.68. The molecule has 1 saturated heterocycles. The van der Waals surface area contributed by atoms with E-state index >= 15 is 0 Å². The summed E-state index contributed by atoms with van der Waals surface area (Å²) in [5, 5.41) is 10.9. The Hall–Kier alpha value is -2.07. The van der Waals surface area contributed by atoms with Crippen molar-refractivity contribution in [1.82, 2.24) is 9.88 Å². The summed E-state index contributed by atoms with van der Waals surface area (Å²) < 4.78 is 0. The van der Waals surface area contributed by atoms with Crippen molar-refractivity contribution >= 4 is 16.9 Å². The summed E-state index contributed by atoms with van der Waals surface area (Å²) in [5.41, 5.74) is 3.09. The number of H-pyrrole nitrogens is 1. The average molecular weight is 326 g/mol. The Balaban J connectivity index is 1.66. The quantitative estimate of drug-likeness (QED) is 0.786. The van der Waals surface area contributed by atoms with Crippen molar-refractivity contribution in [3.63, 3.8) is 0 Å². The van der Waals surface area contributed by atoms with Gasteiger partial charge < -0.3 is 10.1 Å². The van der Waals surface area contributed by atoms with Crippen LogP contribution in [0.5, 0.6) is 0 Å². The zero-order chi connectivity index (χ0) is 17.2. The number of benzene rings is 1. The molecule has 24 heavy (non-hydrogen) atoms. The molecule has 0 saturated carbocycles. The van der Waals surface area contributed by atoms with Crippen molar-refractivity contribution in [1.29, 1.82) is 0 Å².